The summed E-state index contributed by atoms with van der Waals surface area (Å²) in [4.78, 5) is 36.2. The molecule has 0 N–H and O–H groups in total. The van der Waals surface area contributed by atoms with E-state index < -0.39 is 11.4 Å². The van der Waals surface area contributed by atoms with Crippen LogP contribution in [0.3, 0.4) is 0 Å². The number of ether oxygens (including phenoxy) is 2. The summed E-state index contributed by atoms with van der Waals surface area (Å²) in [7, 11) is 0. The van der Waals surface area contributed by atoms with Gasteiger partial charge in [-0.05, 0) is 61.4 Å². The van der Waals surface area contributed by atoms with Crippen LogP contribution in [0.1, 0.15) is 82.0 Å². The van der Waals surface area contributed by atoms with Gasteiger partial charge in [-0.15, -0.1) is 0 Å². The number of hydrogen-bond acceptors (Lipinski definition) is 7. The monoisotopic (exact) mass is 466 g/mol. The lowest BCUT2D eigenvalue weighted by molar-refractivity contribution is -0.134. The van der Waals surface area contributed by atoms with Crippen LogP contribution in [0.4, 0.5) is 11.4 Å². The first kappa shape index (κ1) is 26.9. The van der Waals surface area contributed by atoms with Crippen molar-refractivity contribution in [1.29, 1.82) is 0 Å². The molecule has 0 aromatic heterocycles. The van der Waals surface area contributed by atoms with Gasteiger partial charge in [-0.25, -0.2) is 4.79 Å². The van der Waals surface area contributed by atoms with Crippen LogP contribution in [0, 0.1) is 0 Å². The molecule has 7 nitrogen and oxygen atoms in total. The summed E-state index contributed by atoms with van der Waals surface area (Å²) in [6, 6.07) is 12.4. The molecule has 2 aromatic carbocycles. The third-order valence-electron chi connectivity index (χ3n) is 5.08. The molecule has 2 aromatic rings. The Morgan fingerprint density at radius 1 is 0.735 bits per heavy atom. The Morgan fingerprint density at radius 3 is 1.97 bits per heavy atom. The van der Waals surface area contributed by atoms with Gasteiger partial charge in [-0.2, -0.15) is 10.2 Å². The number of carbonyl (C=O) groups is 2. The Labute approximate surface area is 201 Å². The summed E-state index contributed by atoms with van der Waals surface area (Å²) in [5.41, 5.74) is 1.02. The minimum absolute atomic E-state index is 0.0238. The first-order chi connectivity index (χ1) is 16.5. The standard InChI is InChI=1S/C27H34N2O5/c1-3-5-6-7-8-9-10-11-26(31)34-25-19-17-23(16-18-24(25)30)29-28-22-14-12-21(13-15-22)27(32)33-20-4-2/h12-19H,3-11,20H2,1-2H3. The highest BCUT2D eigenvalue weighted by Crippen LogP contribution is 2.19. The number of azo groups is 1. The Balaban J connectivity index is 1.89. The van der Waals surface area contributed by atoms with E-state index in [1.165, 1.54) is 43.9 Å². The molecule has 0 aliphatic carbocycles. The second kappa shape index (κ2) is 15.5. The van der Waals surface area contributed by atoms with Gasteiger partial charge in [0.15, 0.2) is 5.75 Å². The minimum Gasteiger partial charge on any atom is -0.462 e. The van der Waals surface area contributed by atoms with Gasteiger partial charge in [-0.3, -0.25) is 9.59 Å². The summed E-state index contributed by atoms with van der Waals surface area (Å²) in [6.45, 7) is 4.49. The molecule has 0 atom stereocenters. The largest absolute Gasteiger partial charge is 0.462 e. The molecule has 0 fully saturated rings. The number of benzene rings is 1. The fourth-order valence-corrected chi connectivity index (χ4v) is 3.15. The first-order valence-corrected chi connectivity index (χ1v) is 12.1. The SMILES string of the molecule is CCCCCCCCCC(=O)Oc1ccc(N=Nc2ccc(C(=O)OCCC)cc2)ccc1=O. The minimum atomic E-state index is -0.405. The van der Waals surface area contributed by atoms with E-state index in [2.05, 4.69) is 17.2 Å². The second-order valence-electron chi connectivity index (χ2n) is 8.05. The molecule has 34 heavy (non-hydrogen) atoms. The molecule has 182 valence electrons. The van der Waals surface area contributed by atoms with Crippen LogP contribution in [0.25, 0.3) is 0 Å². The van der Waals surface area contributed by atoms with E-state index in [0.717, 1.165) is 25.7 Å². The molecule has 0 radical (unpaired) electrons. The third kappa shape index (κ3) is 10.1. The van der Waals surface area contributed by atoms with Crippen LogP contribution in [0.2, 0.25) is 0 Å². The van der Waals surface area contributed by atoms with Gasteiger partial charge < -0.3 is 9.47 Å². The Morgan fingerprint density at radius 2 is 1.32 bits per heavy atom. The fraction of sp³-hybridized carbons (Fsp3) is 0.444. The van der Waals surface area contributed by atoms with Crippen molar-refractivity contribution in [3.05, 3.63) is 64.3 Å². The van der Waals surface area contributed by atoms with Gasteiger partial charge in [-0.1, -0.05) is 52.4 Å². The zero-order valence-electron chi connectivity index (χ0n) is 20.1. The molecule has 0 unspecified atom stereocenters. The van der Waals surface area contributed by atoms with Crippen molar-refractivity contribution in [2.45, 2.75) is 71.6 Å². The first-order valence-electron chi connectivity index (χ1n) is 12.1. The highest BCUT2D eigenvalue weighted by molar-refractivity contribution is 5.89. The van der Waals surface area contributed by atoms with Gasteiger partial charge in [0.25, 0.3) is 0 Å². The van der Waals surface area contributed by atoms with Crippen molar-refractivity contribution >= 4 is 23.3 Å². The molecule has 0 bridgehead atoms. The van der Waals surface area contributed by atoms with E-state index in [-0.39, 0.29) is 11.7 Å². The Hall–Kier alpha value is -3.35. The van der Waals surface area contributed by atoms with Crippen LogP contribution in [-0.4, -0.2) is 18.5 Å². The highest BCUT2D eigenvalue weighted by Gasteiger charge is 2.08. The maximum atomic E-state index is 12.2. The van der Waals surface area contributed by atoms with Crippen molar-refractivity contribution in [3.63, 3.8) is 0 Å². The molecular formula is C27H34N2O5. The lowest BCUT2D eigenvalue weighted by Gasteiger charge is -2.02. The fourth-order valence-electron chi connectivity index (χ4n) is 3.15. The lowest BCUT2D eigenvalue weighted by atomic mass is 10.1. The van der Waals surface area contributed by atoms with Gasteiger partial charge in [0, 0.05) is 6.42 Å². The van der Waals surface area contributed by atoms with Crippen LogP contribution < -0.4 is 10.2 Å². The van der Waals surface area contributed by atoms with E-state index in [1.807, 2.05) is 6.92 Å². The number of unbranched alkanes of at least 4 members (excludes halogenated alkanes) is 6. The van der Waals surface area contributed by atoms with Crippen molar-refractivity contribution in [2.24, 2.45) is 10.2 Å². The van der Waals surface area contributed by atoms with E-state index in [4.69, 9.17) is 9.47 Å². The maximum Gasteiger partial charge on any atom is 0.338 e. The molecule has 0 aliphatic heterocycles. The van der Waals surface area contributed by atoms with Gasteiger partial charge in [0.2, 0.25) is 5.43 Å². The highest BCUT2D eigenvalue weighted by atomic mass is 16.5. The third-order valence-corrected chi connectivity index (χ3v) is 5.08. The van der Waals surface area contributed by atoms with Gasteiger partial charge in [0.1, 0.15) is 0 Å². The van der Waals surface area contributed by atoms with Crippen LogP contribution in [0.5, 0.6) is 5.75 Å². The Bertz CT molecular complexity index is 1000. The van der Waals surface area contributed by atoms with Gasteiger partial charge in [0.05, 0.1) is 23.5 Å². The van der Waals surface area contributed by atoms with E-state index in [1.54, 1.807) is 30.3 Å². The molecule has 0 aliphatic rings. The molecule has 7 heteroatoms. The van der Waals surface area contributed by atoms with Crippen LogP contribution >= 0.6 is 0 Å². The lowest BCUT2D eigenvalue weighted by Crippen LogP contribution is -2.12. The topological polar surface area (TPSA) is 94.4 Å². The summed E-state index contributed by atoms with van der Waals surface area (Å²) in [5.74, 6) is -0.806. The normalized spacial score (nSPS) is 10.9. The van der Waals surface area contributed by atoms with Gasteiger partial charge >= 0.3 is 11.9 Å². The number of nitrogens with zero attached hydrogens (tertiary/aromatic N) is 2. The predicted octanol–water partition coefficient (Wildman–Crippen LogP) is 7.08. The van der Waals surface area contributed by atoms with E-state index >= 15 is 0 Å². The summed E-state index contributed by atoms with van der Waals surface area (Å²) < 4.78 is 10.4. The number of rotatable bonds is 14. The van der Waals surface area contributed by atoms with Crippen LogP contribution in [0.15, 0.2) is 63.6 Å². The van der Waals surface area contributed by atoms with Crippen molar-refractivity contribution in [1.82, 2.24) is 0 Å². The summed E-state index contributed by atoms with van der Waals surface area (Å²) in [5, 5.41) is 8.25. The Kier molecular flexibility index (Phi) is 12.2. The van der Waals surface area contributed by atoms with E-state index in [9.17, 15) is 14.4 Å². The smallest absolute Gasteiger partial charge is 0.338 e. The number of esters is 2. The average Bonchev–Trinajstić information content (AvgIpc) is 3.02. The van der Waals surface area contributed by atoms with Crippen molar-refractivity contribution < 1.29 is 19.1 Å². The zero-order chi connectivity index (χ0) is 24.6. The van der Waals surface area contributed by atoms with E-state index in [0.29, 0.717) is 30.0 Å². The number of carbonyl (C=O) groups excluding carboxylic acids is 2. The molecule has 0 spiro atoms. The molecule has 0 amide bonds. The maximum absolute atomic E-state index is 12.2. The average molecular weight is 467 g/mol. The number of hydrogen-bond donors (Lipinski definition) is 0. The second-order valence-corrected chi connectivity index (χ2v) is 8.05. The van der Waals surface area contributed by atoms with Crippen molar-refractivity contribution in [3.8, 4) is 5.75 Å². The quantitative estimate of drug-likeness (QED) is 0.168. The van der Waals surface area contributed by atoms with Crippen molar-refractivity contribution in [2.75, 3.05) is 6.61 Å². The zero-order valence-corrected chi connectivity index (χ0v) is 20.1. The van der Waals surface area contributed by atoms with Crippen LogP contribution in [-0.2, 0) is 9.53 Å². The predicted molar refractivity (Wildman–Crippen MR) is 132 cm³/mol. The molecule has 0 saturated carbocycles. The molecular weight excluding hydrogens is 432 g/mol. The molecule has 0 saturated heterocycles. The molecule has 2 rings (SSSR count). The summed E-state index contributed by atoms with van der Waals surface area (Å²) in [6.07, 6.45) is 8.80. The summed E-state index contributed by atoms with van der Waals surface area (Å²) >= 11 is 0. The molecule has 0 heterocycles.